The quantitative estimate of drug-likeness (QED) is 0.758. The maximum absolute atomic E-state index is 12.4. The molecule has 0 aliphatic heterocycles. The summed E-state index contributed by atoms with van der Waals surface area (Å²) < 4.78 is 29.2. The zero-order valence-electron chi connectivity index (χ0n) is 14.0. The summed E-state index contributed by atoms with van der Waals surface area (Å²) in [6, 6.07) is 10.5. The van der Waals surface area contributed by atoms with Crippen molar-refractivity contribution in [1.82, 2.24) is 5.32 Å². The standard InChI is InChI=1S/C18H20F2N2O2.ClH/c1-11-9-14(10-12(2)16(11)24-18(19)20)17(23)22-8-7-13-3-5-15(21)6-4-13;/h3-6,9-10,18H,7-8,21H2,1-2H3,(H,22,23);1H. The fraction of sp³-hybridized carbons (Fsp3) is 0.278. The first-order valence-electron chi connectivity index (χ1n) is 7.55. The van der Waals surface area contributed by atoms with Crippen LogP contribution < -0.4 is 15.8 Å². The highest BCUT2D eigenvalue weighted by atomic mass is 35.5. The number of anilines is 1. The van der Waals surface area contributed by atoms with E-state index < -0.39 is 6.61 Å². The zero-order chi connectivity index (χ0) is 17.7. The maximum atomic E-state index is 12.4. The van der Waals surface area contributed by atoms with Crippen molar-refractivity contribution in [3.8, 4) is 5.75 Å². The van der Waals surface area contributed by atoms with E-state index in [4.69, 9.17) is 5.73 Å². The summed E-state index contributed by atoms with van der Waals surface area (Å²) in [6.45, 7) is 0.851. The lowest BCUT2D eigenvalue weighted by molar-refractivity contribution is -0.0507. The Hall–Kier alpha value is -2.34. The van der Waals surface area contributed by atoms with Crippen LogP contribution in [0.1, 0.15) is 27.0 Å². The second kappa shape index (κ2) is 9.22. The summed E-state index contributed by atoms with van der Waals surface area (Å²) in [5, 5.41) is 2.82. The van der Waals surface area contributed by atoms with Gasteiger partial charge in [0, 0.05) is 17.8 Å². The van der Waals surface area contributed by atoms with Crippen molar-refractivity contribution >= 4 is 24.0 Å². The molecule has 1 amide bonds. The van der Waals surface area contributed by atoms with Gasteiger partial charge in [0.1, 0.15) is 5.75 Å². The third-order valence-corrected chi connectivity index (χ3v) is 3.61. The van der Waals surface area contributed by atoms with Gasteiger partial charge in [-0.3, -0.25) is 4.79 Å². The first kappa shape index (κ1) is 20.7. The van der Waals surface area contributed by atoms with Gasteiger partial charge in [-0.25, -0.2) is 0 Å². The second-order valence-corrected chi connectivity index (χ2v) is 5.57. The number of alkyl halides is 2. The van der Waals surface area contributed by atoms with E-state index in [2.05, 4.69) is 10.1 Å². The fourth-order valence-corrected chi connectivity index (χ4v) is 2.46. The molecule has 3 N–H and O–H groups in total. The highest BCUT2D eigenvalue weighted by Crippen LogP contribution is 2.26. The zero-order valence-corrected chi connectivity index (χ0v) is 14.8. The Labute approximate surface area is 151 Å². The number of nitrogens with one attached hydrogen (secondary N) is 1. The Morgan fingerprint density at radius 2 is 1.72 bits per heavy atom. The van der Waals surface area contributed by atoms with E-state index in [1.54, 1.807) is 26.0 Å². The second-order valence-electron chi connectivity index (χ2n) is 5.57. The van der Waals surface area contributed by atoms with Crippen molar-refractivity contribution in [3.63, 3.8) is 0 Å². The van der Waals surface area contributed by atoms with E-state index in [1.807, 2.05) is 24.3 Å². The molecule has 0 spiro atoms. The molecule has 0 aromatic heterocycles. The van der Waals surface area contributed by atoms with Crippen LogP contribution in [0.15, 0.2) is 36.4 Å². The minimum Gasteiger partial charge on any atom is -0.434 e. The molecular weight excluding hydrogens is 350 g/mol. The molecule has 0 unspecified atom stereocenters. The molecule has 0 bridgehead atoms. The third kappa shape index (κ3) is 5.90. The predicted molar refractivity (Wildman–Crippen MR) is 96.7 cm³/mol. The molecular formula is C18H21ClF2N2O2. The smallest absolute Gasteiger partial charge is 0.387 e. The number of aryl methyl sites for hydroxylation is 2. The Morgan fingerprint density at radius 1 is 1.16 bits per heavy atom. The Bertz CT molecular complexity index is 699. The maximum Gasteiger partial charge on any atom is 0.387 e. The number of hydrogen-bond acceptors (Lipinski definition) is 3. The van der Waals surface area contributed by atoms with Gasteiger partial charge in [0.25, 0.3) is 5.91 Å². The molecule has 2 aromatic rings. The molecule has 0 atom stereocenters. The van der Waals surface area contributed by atoms with Gasteiger partial charge in [-0.2, -0.15) is 8.78 Å². The van der Waals surface area contributed by atoms with Crippen LogP contribution in [0, 0.1) is 13.8 Å². The highest BCUT2D eigenvalue weighted by molar-refractivity contribution is 5.94. The number of rotatable bonds is 6. The molecule has 0 aliphatic rings. The van der Waals surface area contributed by atoms with E-state index >= 15 is 0 Å². The number of carbonyl (C=O) groups excluding carboxylic acids is 1. The third-order valence-electron chi connectivity index (χ3n) is 3.61. The van der Waals surface area contributed by atoms with Crippen molar-refractivity contribution in [2.75, 3.05) is 12.3 Å². The first-order valence-corrected chi connectivity index (χ1v) is 7.55. The van der Waals surface area contributed by atoms with Gasteiger partial charge in [0.2, 0.25) is 0 Å². The minimum absolute atomic E-state index is 0. The largest absolute Gasteiger partial charge is 0.434 e. The molecule has 25 heavy (non-hydrogen) atoms. The van der Waals surface area contributed by atoms with Crippen LogP contribution >= 0.6 is 12.4 Å². The number of nitrogens with two attached hydrogens (primary N) is 1. The van der Waals surface area contributed by atoms with E-state index in [0.717, 1.165) is 5.56 Å². The number of ether oxygens (including phenoxy) is 1. The number of hydrogen-bond donors (Lipinski definition) is 2. The first-order chi connectivity index (χ1) is 11.4. The van der Waals surface area contributed by atoms with Gasteiger partial charge in [-0.05, 0) is 61.2 Å². The van der Waals surface area contributed by atoms with E-state index in [0.29, 0.717) is 35.3 Å². The summed E-state index contributed by atoms with van der Waals surface area (Å²) in [5.41, 5.74) is 8.80. The predicted octanol–water partition coefficient (Wildman–Crippen LogP) is 3.88. The monoisotopic (exact) mass is 370 g/mol. The lowest BCUT2D eigenvalue weighted by Crippen LogP contribution is -2.26. The Kier molecular flexibility index (Phi) is 7.64. The molecule has 2 rings (SSSR count). The van der Waals surface area contributed by atoms with Gasteiger partial charge in [-0.1, -0.05) is 12.1 Å². The molecule has 2 aromatic carbocycles. The van der Waals surface area contributed by atoms with E-state index in [-0.39, 0.29) is 24.1 Å². The highest BCUT2D eigenvalue weighted by Gasteiger charge is 2.14. The molecule has 0 saturated carbocycles. The average Bonchev–Trinajstić information content (AvgIpc) is 2.52. The van der Waals surface area contributed by atoms with Crippen molar-refractivity contribution in [1.29, 1.82) is 0 Å². The van der Waals surface area contributed by atoms with Crippen LogP contribution in [0.2, 0.25) is 0 Å². The summed E-state index contributed by atoms with van der Waals surface area (Å²) in [7, 11) is 0. The van der Waals surface area contributed by atoms with Crippen molar-refractivity contribution in [3.05, 3.63) is 58.7 Å². The fourth-order valence-electron chi connectivity index (χ4n) is 2.46. The average molecular weight is 371 g/mol. The molecule has 0 heterocycles. The van der Waals surface area contributed by atoms with Crippen LogP contribution in [0.3, 0.4) is 0 Å². The summed E-state index contributed by atoms with van der Waals surface area (Å²) >= 11 is 0. The van der Waals surface area contributed by atoms with Crippen molar-refractivity contribution in [2.24, 2.45) is 0 Å². The number of benzene rings is 2. The molecule has 0 aliphatic carbocycles. The SMILES string of the molecule is Cc1cc(C(=O)NCCc2ccc(N)cc2)cc(C)c1OC(F)F.Cl. The molecule has 0 fully saturated rings. The number of amides is 1. The van der Waals surface area contributed by atoms with Gasteiger partial charge in [0.05, 0.1) is 0 Å². The van der Waals surface area contributed by atoms with Crippen LogP contribution in [-0.4, -0.2) is 19.1 Å². The molecule has 136 valence electrons. The van der Waals surface area contributed by atoms with Crippen LogP contribution in [-0.2, 0) is 6.42 Å². The van der Waals surface area contributed by atoms with Gasteiger partial charge >= 0.3 is 6.61 Å². The van der Waals surface area contributed by atoms with Gasteiger partial charge in [-0.15, -0.1) is 12.4 Å². The Morgan fingerprint density at radius 3 is 2.24 bits per heavy atom. The topological polar surface area (TPSA) is 64.4 Å². The molecule has 7 heteroatoms. The van der Waals surface area contributed by atoms with Crippen molar-refractivity contribution in [2.45, 2.75) is 26.9 Å². The van der Waals surface area contributed by atoms with Crippen LogP contribution in [0.4, 0.5) is 14.5 Å². The molecule has 0 saturated heterocycles. The molecule has 0 radical (unpaired) electrons. The summed E-state index contributed by atoms with van der Waals surface area (Å²) in [6.07, 6.45) is 0.677. The molecule has 4 nitrogen and oxygen atoms in total. The lowest BCUT2D eigenvalue weighted by Gasteiger charge is -2.13. The van der Waals surface area contributed by atoms with Gasteiger partial charge < -0.3 is 15.8 Å². The lowest BCUT2D eigenvalue weighted by atomic mass is 10.0. The summed E-state index contributed by atoms with van der Waals surface area (Å²) in [4.78, 5) is 12.2. The van der Waals surface area contributed by atoms with Crippen LogP contribution in [0.25, 0.3) is 0 Å². The van der Waals surface area contributed by atoms with Crippen molar-refractivity contribution < 1.29 is 18.3 Å². The normalized spacial score (nSPS) is 10.3. The van der Waals surface area contributed by atoms with Crippen LogP contribution in [0.5, 0.6) is 5.75 Å². The van der Waals surface area contributed by atoms with Gasteiger partial charge in [0.15, 0.2) is 0 Å². The number of nitrogen functional groups attached to an aromatic ring is 1. The Balaban J connectivity index is 0.00000312. The van der Waals surface area contributed by atoms with E-state index in [9.17, 15) is 13.6 Å². The summed E-state index contributed by atoms with van der Waals surface area (Å²) in [5.74, 6) is -0.135. The van der Waals surface area contributed by atoms with E-state index in [1.165, 1.54) is 0 Å². The number of carbonyl (C=O) groups is 1. The number of halogens is 3. The minimum atomic E-state index is -2.89.